The van der Waals surface area contributed by atoms with Crippen LogP contribution in [0.1, 0.15) is 32.1 Å². The van der Waals surface area contributed by atoms with Crippen LogP contribution >= 0.6 is 11.3 Å². The number of carbonyl (C=O) groups is 3. The first-order valence-corrected chi connectivity index (χ1v) is 10.9. The molecule has 2 aliphatic rings. The molecule has 0 radical (unpaired) electrons. The van der Waals surface area contributed by atoms with Gasteiger partial charge < -0.3 is 5.32 Å². The number of nitrogens with zero attached hydrogens (tertiary/aromatic N) is 2. The van der Waals surface area contributed by atoms with Crippen molar-refractivity contribution in [2.75, 3.05) is 11.9 Å². The summed E-state index contributed by atoms with van der Waals surface area (Å²) in [4.78, 5) is 43.4. The van der Waals surface area contributed by atoms with Crippen molar-refractivity contribution in [2.24, 2.45) is 11.8 Å². The molecule has 1 aliphatic carbocycles. The second-order valence-electron chi connectivity index (χ2n) is 7.78. The number of fused-ring (bicyclic) bond motifs is 4. The maximum absolute atomic E-state index is 12.5. The van der Waals surface area contributed by atoms with E-state index in [2.05, 4.69) is 10.3 Å². The van der Waals surface area contributed by atoms with E-state index in [-0.39, 0.29) is 42.5 Å². The third-order valence-corrected chi connectivity index (χ3v) is 6.96. The Morgan fingerprint density at radius 3 is 2.55 bits per heavy atom. The molecular formula is C22H21N3O3S. The lowest BCUT2D eigenvalue weighted by molar-refractivity contribution is -0.140. The van der Waals surface area contributed by atoms with Gasteiger partial charge in [-0.2, -0.15) is 0 Å². The van der Waals surface area contributed by atoms with Crippen molar-refractivity contribution in [1.82, 2.24) is 9.88 Å². The van der Waals surface area contributed by atoms with Crippen LogP contribution in [0, 0.1) is 11.8 Å². The van der Waals surface area contributed by atoms with Gasteiger partial charge in [-0.3, -0.25) is 19.3 Å². The zero-order valence-electron chi connectivity index (χ0n) is 15.9. The molecule has 1 aliphatic heterocycles. The summed E-state index contributed by atoms with van der Waals surface area (Å²) in [6, 6.07) is 12.1. The second-order valence-corrected chi connectivity index (χ2v) is 8.81. The molecule has 148 valence electrons. The number of thiazole rings is 1. The zero-order valence-corrected chi connectivity index (χ0v) is 16.7. The molecular weight excluding hydrogens is 386 g/mol. The van der Waals surface area contributed by atoms with Crippen molar-refractivity contribution in [1.29, 1.82) is 0 Å². The number of likely N-dealkylation sites (tertiary alicyclic amines) is 1. The maximum Gasteiger partial charge on any atom is 0.233 e. The van der Waals surface area contributed by atoms with Gasteiger partial charge in [0.25, 0.3) is 0 Å². The highest BCUT2D eigenvalue weighted by atomic mass is 32.1. The number of nitrogens with one attached hydrogen (secondary N) is 1. The van der Waals surface area contributed by atoms with Crippen LogP contribution in [0.2, 0.25) is 0 Å². The number of anilines is 1. The van der Waals surface area contributed by atoms with Gasteiger partial charge in [0, 0.05) is 18.4 Å². The Morgan fingerprint density at radius 2 is 1.79 bits per heavy atom. The van der Waals surface area contributed by atoms with E-state index in [1.54, 1.807) is 0 Å². The van der Waals surface area contributed by atoms with Crippen LogP contribution in [-0.4, -0.2) is 34.2 Å². The van der Waals surface area contributed by atoms with Gasteiger partial charge in [0.1, 0.15) is 0 Å². The minimum atomic E-state index is -0.233. The van der Waals surface area contributed by atoms with E-state index in [4.69, 9.17) is 0 Å². The lowest BCUT2D eigenvalue weighted by atomic mass is 9.81. The molecule has 7 heteroatoms. The summed E-state index contributed by atoms with van der Waals surface area (Å²) in [5, 5.41) is 5.53. The van der Waals surface area contributed by atoms with Gasteiger partial charge in [-0.25, -0.2) is 4.98 Å². The van der Waals surface area contributed by atoms with Crippen LogP contribution < -0.4 is 5.32 Å². The van der Waals surface area contributed by atoms with Gasteiger partial charge in [-0.1, -0.05) is 54.5 Å². The van der Waals surface area contributed by atoms with Crippen LogP contribution in [0.15, 0.2) is 36.4 Å². The third-order valence-electron chi connectivity index (χ3n) is 6.02. The summed E-state index contributed by atoms with van der Waals surface area (Å²) >= 11 is 1.43. The summed E-state index contributed by atoms with van der Waals surface area (Å²) in [5.74, 6) is -0.768. The van der Waals surface area contributed by atoms with Gasteiger partial charge in [-0.15, -0.1) is 0 Å². The summed E-state index contributed by atoms with van der Waals surface area (Å²) in [6.45, 7) is 0.143. The maximum atomic E-state index is 12.5. The third kappa shape index (κ3) is 3.19. The van der Waals surface area contributed by atoms with Crippen molar-refractivity contribution in [2.45, 2.75) is 32.1 Å². The molecule has 0 bridgehead atoms. The van der Waals surface area contributed by atoms with Crippen molar-refractivity contribution in [3.63, 3.8) is 0 Å². The van der Waals surface area contributed by atoms with Crippen LogP contribution in [0.3, 0.4) is 0 Å². The number of amides is 3. The minimum Gasteiger partial charge on any atom is -0.302 e. The summed E-state index contributed by atoms with van der Waals surface area (Å²) < 4.78 is 1.01. The van der Waals surface area contributed by atoms with Gasteiger partial charge in [-0.05, 0) is 24.3 Å². The largest absolute Gasteiger partial charge is 0.302 e. The van der Waals surface area contributed by atoms with Crippen molar-refractivity contribution >= 4 is 55.2 Å². The quantitative estimate of drug-likeness (QED) is 0.664. The van der Waals surface area contributed by atoms with E-state index in [0.29, 0.717) is 5.13 Å². The highest BCUT2D eigenvalue weighted by Gasteiger charge is 2.47. The Hall–Kier alpha value is -2.80. The molecule has 2 atom stereocenters. The summed E-state index contributed by atoms with van der Waals surface area (Å²) in [5.41, 5.74) is 0.873. The SMILES string of the molecule is O=C(CCN1C(=O)[C@H]2CCCC[C@H]2C1=O)Nc1nc2c(ccc3ccccc32)s1. The van der Waals surface area contributed by atoms with Crippen molar-refractivity contribution in [3.8, 4) is 0 Å². The number of aromatic nitrogens is 1. The predicted octanol–water partition coefficient (Wildman–Crippen LogP) is 3.95. The van der Waals surface area contributed by atoms with E-state index in [1.165, 1.54) is 16.2 Å². The average Bonchev–Trinajstić information content (AvgIpc) is 3.26. The topological polar surface area (TPSA) is 79.4 Å². The molecule has 1 N–H and O–H groups in total. The number of hydrogen-bond acceptors (Lipinski definition) is 5. The fraction of sp³-hybridized carbons (Fsp3) is 0.364. The highest BCUT2D eigenvalue weighted by Crippen LogP contribution is 2.38. The molecule has 0 unspecified atom stereocenters. The summed E-state index contributed by atoms with van der Waals surface area (Å²) in [7, 11) is 0. The van der Waals surface area contributed by atoms with Gasteiger partial charge >= 0.3 is 0 Å². The molecule has 0 spiro atoms. The van der Waals surface area contributed by atoms with Crippen LogP contribution in [0.25, 0.3) is 21.0 Å². The number of hydrogen-bond donors (Lipinski definition) is 1. The van der Waals surface area contributed by atoms with Crippen molar-refractivity contribution in [3.05, 3.63) is 36.4 Å². The Bertz CT molecular complexity index is 1110. The molecule has 29 heavy (non-hydrogen) atoms. The Kier molecular flexibility index (Phi) is 4.54. The molecule has 1 saturated heterocycles. The fourth-order valence-electron chi connectivity index (χ4n) is 4.56. The molecule has 2 fully saturated rings. The number of benzene rings is 2. The predicted molar refractivity (Wildman–Crippen MR) is 113 cm³/mol. The van der Waals surface area contributed by atoms with Crippen molar-refractivity contribution < 1.29 is 14.4 Å². The molecule has 1 saturated carbocycles. The fourth-order valence-corrected chi connectivity index (χ4v) is 5.46. The standard InChI is InChI=1S/C22H21N3O3S/c26-18(11-12-25-20(27)15-7-3-4-8-16(15)21(25)28)23-22-24-19-14-6-2-1-5-13(14)9-10-17(19)29-22/h1-2,5-6,9-10,15-16H,3-4,7-8,11-12H2,(H,23,24,26)/t15-,16+. The minimum absolute atomic E-state index is 0.0909. The lowest BCUT2D eigenvalue weighted by Crippen LogP contribution is -2.34. The summed E-state index contributed by atoms with van der Waals surface area (Å²) in [6.07, 6.45) is 3.67. The Balaban J connectivity index is 1.27. The molecule has 1 aromatic heterocycles. The van der Waals surface area contributed by atoms with Crippen LogP contribution in [-0.2, 0) is 14.4 Å². The van der Waals surface area contributed by atoms with Crippen LogP contribution in [0.4, 0.5) is 5.13 Å². The van der Waals surface area contributed by atoms with Crippen LogP contribution in [0.5, 0.6) is 0 Å². The average molecular weight is 407 g/mol. The number of carbonyl (C=O) groups excluding carboxylic acids is 3. The molecule has 5 rings (SSSR count). The zero-order chi connectivity index (χ0) is 20.0. The van der Waals surface area contributed by atoms with E-state index in [0.717, 1.165) is 46.7 Å². The molecule has 3 amide bonds. The molecule has 2 heterocycles. The molecule has 2 aromatic carbocycles. The lowest BCUT2D eigenvalue weighted by Gasteiger charge is -2.19. The smallest absolute Gasteiger partial charge is 0.233 e. The number of rotatable bonds is 4. The Morgan fingerprint density at radius 1 is 1.07 bits per heavy atom. The number of imide groups is 1. The Labute approximate surface area is 171 Å². The van der Waals surface area contributed by atoms with E-state index < -0.39 is 0 Å². The first-order chi connectivity index (χ1) is 14.1. The molecule has 6 nitrogen and oxygen atoms in total. The van der Waals surface area contributed by atoms with Gasteiger partial charge in [0.15, 0.2) is 5.13 Å². The normalized spacial score (nSPS) is 21.7. The highest BCUT2D eigenvalue weighted by molar-refractivity contribution is 7.22. The molecule has 3 aromatic rings. The first kappa shape index (κ1) is 18.2. The van der Waals surface area contributed by atoms with E-state index in [1.807, 2.05) is 36.4 Å². The van der Waals surface area contributed by atoms with Gasteiger partial charge in [0.05, 0.1) is 22.1 Å². The monoisotopic (exact) mass is 407 g/mol. The van der Waals surface area contributed by atoms with Gasteiger partial charge in [0.2, 0.25) is 17.7 Å². The van der Waals surface area contributed by atoms with E-state index in [9.17, 15) is 14.4 Å². The first-order valence-electron chi connectivity index (χ1n) is 10.1. The van der Waals surface area contributed by atoms with E-state index >= 15 is 0 Å². The second kappa shape index (κ2) is 7.22.